The zero-order valence-corrected chi connectivity index (χ0v) is 13.9. The fourth-order valence-electron chi connectivity index (χ4n) is 2.47. The average Bonchev–Trinajstić information content (AvgIpc) is 3.36. The Morgan fingerprint density at radius 3 is 2.12 bits per heavy atom. The lowest BCUT2D eigenvalue weighted by Crippen LogP contribution is -2.33. The van der Waals surface area contributed by atoms with Crippen LogP contribution >= 0.6 is 0 Å². The van der Waals surface area contributed by atoms with Gasteiger partial charge in [-0.05, 0) is 42.5 Å². The summed E-state index contributed by atoms with van der Waals surface area (Å²) < 4.78 is 80.1. The van der Waals surface area contributed by atoms with Gasteiger partial charge in [0, 0.05) is 19.2 Å². The van der Waals surface area contributed by atoms with Crippen molar-refractivity contribution in [2.75, 3.05) is 6.54 Å². The average molecular weight is 373 g/mol. The van der Waals surface area contributed by atoms with Crippen molar-refractivity contribution >= 4 is 10.0 Å². The Hall–Kier alpha value is -1.93. The second kappa shape index (κ2) is 6.76. The van der Waals surface area contributed by atoms with Crippen molar-refractivity contribution in [2.24, 2.45) is 5.92 Å². The molecule has 0 N–H and O–H groups in total. The molecular formula is C17H15F4NO2S. The maximum absolute atomic E-state index is 14.0. The molecule has 2 aromatic rings. The van der Waals surface area contributed by atoms with Crippen molar-refractivity contribution in [2.45, 2.75) is 24.3 Å². The van der Waals surface area contributed by atoms with Gasteiger partial charge in [-0.2, -0.15) is 4.31 Å². The second-order valence-electron chi connectivity index (χ2n) is 6.06. The Morgan fingerprint density at radius 2 is 1.52 bits per heavy atom. The van der Waals surface area contributed by atoms with E-state index in [0.717, 1.165) is 17.1 Å². The first-order chi connectivity index (χ1) is 11.8. The molecule has 0 amide bonds. The quantitative estimate of drug-likeness (QED) is 0.570. The van der Waals surface area contributed by atoms with Gasteiger partial charge in [-0.25, -0.2) is 26.0 Å². The molecule has 0 aliphatic heterocycles. The van der Waals surface area contributed by atoms with Crippen molar-refractivity contribution in [3.8, 4) is 0 Å². The summed E-state index contributed by atoms with van der Waals surface area (Å²) in [5.41, 5.74) is 0.508. The molecule has 0 spiro atoms. The van der Waals surface area contributed by atoms with Crippen LogP contribution in [0.5, 0.6) is 0 Å². The van der Waals surface area contributed by atoms with Gasteiger partial charge in [0.25, 0.3) is 0 Å². The van der Waals surface area contributed by atoms with E-state index in [-0.39, 0.29) is 25.1 Å². The molecule has 0 atom stereocenters. The fourth-order valence-corrected chi connectivity index (χ4v) is 4.03. The molecule has 2 aromatic carbocycles. The summed E-state index contributed by atoms with van der Waals surface area (Å²) in [5, 5.41) is 0. The smallest absolute Gasteiger partial charge is 0.207 e. The van der Waals surface area contributed by atoms with E-state index in [4.69, 9.17) is 0 Å². The van der Waals surface area contributed by atoms with Gasteiger partial charge >= 0.3 is 0 Å². The molecule has 0 aromatic heterocycles. The maximum Gasteiger partial charge on any atom is 0.246 e. The van der Waals surface area contributed by atoms with Gasteiger partial charge < -0.3 is 0 Å². The zero-order valence-electron chi connectivity index (χ0n) is 13.1. The summed E-state index contributed by atoms with van der Waals surface area (Å²) in [5.74, 6) is -4.56. The summed E-state index contributed by atoms with van der Waals surface area (Å²) in [6.07, 6.45) is 1.69. The van der Waals surface area contributed by atoms with Crippen LogP contribution in [0, 0.1) is 29.2 Å². The van der Waals surface area contributed by atoms with E-state index in [2.05, 4.69) is 0 Å². The first kappa shape index (κ1) is 17.9. The molecule has 134 valence electrons. The summed E-state index contributed by atoms with van der Waals surface area (Å²) in [6, 6.07) is 5.80. The van der Waals surface area contributed by atoms with Crippen LogP contribution in [0.15, 0.2) is 41.3 Å². The van der Waals surface area contributed by atoms with Gasteiger partial charge in [0.1, 0.15) is 16.5 Å². The van der Waals surface area contributed by atoms with Gasteiger partial charge in [0.2, 0.25) is 10.0 Å². The van der Waals surface area contributed by atoms with E-state index in [1.165, 1.54) is 24.3 Å². The molecule has 0 bridgehead atoms. The topological polar surface area (TPSA) is 37.4 Å². The molecule has 0 saturated heterocycles. The Balaban J connectivity index is 1.96. The monoisotopic (exact) mass is 373 g/mol. The summed E-state index contributed by atoms with van der Waals surface area (Å²) in [4.78, 5) is -0.908. The fraction of sp³-hybridized carbons (Fsp3) is 0.294. The van der Waals surface area contributed by atoms with Crippen LogP contribution < -0.4 is 0 Å². The van der Waals surface area contributed by atoms with Crippen molar-refractivity contribution in [1.29, 1.82) is 0 Å². The second-order valence-corrected chi connectivity index (χ2v) is 7.97. The van der Waals surface area contributed by atoms with E-state index in [1.807, 2.05) is 0 Å². The molecule has 0 unspecified atom stereocenters. The number of nitrogens with zero attached hydrogens (tertiary/aromatic N) is 1. The molecule has 0 radical (unpaired) electrons. The Morgan fingerprint density at radius 1 is 0.920 bits per heavy atom. The first-order valence-corrected chi connectivity index (χ1v) is 9.10. The predicted molar refractivity (Wildman–Crippen MR) is 83.0 cm³/mol. The number of hydrogen-bond acceptors (Lipinski definition) is 2. The molecule has 3 nitrogen and oxygen atoms in total. The van der Waals surface area contributed by atoms with Crippen molar-refractivity contribution in [1.82, 2.24) is 4.31 Å². The molecule has 1 aliphatic carbocycles. The van der Waals surface area contributed by atoms with Gasteiger partial charge in [0.05, 0.1) is 0 Å². The highest BCUT2D eigenvalue weighted by Gasteiger charge is 2.34. The molecule has 1 saturated carbocycles. The predicted octanol–water partition coefficient (Wildman–Crippen LogP) is 3.84. The Labute approximate surface area is 142 Å². The third-order valence-electron chi connectivity index (χ3n) is 4.02. The van der Waals surface area contributed by atoms with E-state index in [9.17, 15) is 26.0 Å². The number of sulfonamides is 1. The van der Waals surface area contributed by atoms with E-state index >= 15 is 0 Å². The van der Waals surface area contributed by atoms with E-state index in [0.29, 0.717) is 11.6 Å². The first-order valence-electron chi connectivity index (χ1n) is 7.66. The van der Waals surface area contributed by atoms with Crippen molar-refractivity contribution < 1.29 is 26.0 Å². The normalized spacial score (nSPS) is 14.9. The molecule has 1 aliphatic rings. The SMILES string of the molecule is O=S(=O)(c1cc(F)c(F)cc1F)N(Cc1ccc(F)cc1)CC1CC1. The lowest BCUT2D eigenvalue weighted by Gasteiger charge is -2.22. The third-order valence-corrected chi connectivity index (χ3v) is 5.85. The minimum Gasteiger partial charge on any atom is -0.207 e. The van der Waals surface area contributed by atoms with Crippen LogP contribution in [0.4, 0.5) is 17.6 Å². The highest BCUT2D eigenvalue weighted by atomic mass is 32.2. The highest BCUT2D eigenvalue weighted by Crippen LogP contribution is 2.33. The standard InChI is InChI=1S/C17H15F4NO2S/c18-13-5-3-12(4-6-13)10-22(9-11-1-2-11)25(23,24)17-8-15(20)14(19)7-16(17)21/h3-8,11H,1-2,9-10H2. The Bertz CT molecular complexity index is 880. The van der Waals surface area contributed by atoms with E-state index in [1.54, 1.807) is 0 Å². The van der Waals surface area contributed by atoms with Gasteiger partial charge in [-0.3, -0.25) is 0 Å². The largest absolute Gasteiger partial charge is 0.246 e. The zero-order chi connectivity index (χ0) is 18.2. The van der Waals surface area contributed by atoms with E-state index < -0.39 is 38.2 Å². The van der Waals surface area contributed by atoms with Gasteiger partial charge in [-0.15, -0.1) is 0 Å². The molecule has 25 heavy (non-hydrogen) atoms. The van der Waals surface area contributed by atoms with Gasteiger partial charge in [0.15, 0.2) is 11.6 Å². The van der Waals surface area contributed by atoms with Crippen molar-refractivity contribution in [3.05, 3.63) is 65.2 Å². The van der Waals surface area contributed by atoms with Crippen LogP contribution in [-0.4, -0.2) is 19.3 Å². The minimum absolute atomic E-state index is 0.114. The lowest BCUT2D eigenvalue weighted by atomic mass is 10.2. The number of halogens is 4. The third kappa shape index (κ3) is 4.01. The minimum atomic E-state index is -4.38. The van der Waals surface area contributed by atoms with Crippen LogP contribution in [0.1, 0.15) is 18.4 Å². The van der Waals surface area contributed by atoms with Gasteiger partial charge in [-0.1, -0.05) is 12.1 Å². The molecule has 8 heteroatoms. The van der Waals surface area contributed by atoms with Crippen LogP contribution in [-0.2, 0) is 16.6 Å². The summed E-state index contributed by atoms with van der Waals surface area (Å²) >= 11 is 0. The summed E-state index contributed by atoms with van der Waals surface area (Å²) in [6.45, 7) is 0.0235. The van der Waals surface area contributed by atoms with Crippen LogP contribution in [0.25, 0.3) is 0 Å². The molecule has 0 heterocycles. The maximum atomic E-state index is 14.0. The number of rotatable bonds is 6. The van der Waals surface area contributed by atoms with Crippen LogP contribution in [0.2, 0.25) is 0 Å². The number of hydrogen-bond donors (Lipinski definition) is 0. The highest BCUT2D eigenvalue weighted by molar-refractivity contribution is 7.89. The Kier molecular flexibility index (Phi) is 4.83. The molecule has 1 fully saturated rings. The molecular weight excluding hydrogens is 358 g/mol. The van der Waals surface area contributed by atoms with Crippen LogP contribution in [0.3, 0.4) is 0 Å². The summed E-state index contributed by atoms with van der Waals surface area (Å²) in [7, 11) is -4.38. The van der Waals surface area contributed by atoms with Crippen molar-refractivity contribution in [3.63, 3.8) is 0 Å². The molecule has 3 rings (SSSR count). The number of benzene rings is 2. The lowest BCUT2D eigenvalue weighted by molar-refractivity contribution is 0.386.